The number of para-hydroxylation sites is 2. The van der Waals surface area contributed by atoms with Gasteiger partial charge in [0.1, 0.15) is 0 Å². The summed E-state index contributed by atoms with van der Waals surface area (Å²) in [5, 5.41) is 15.2. The number of hydrogen-bond acceptors (Lipinski definition) is 2. The molecule has 0 atom stereocenters. The second-order valence-corrected chi connectivity index (χ2v) is 5.75. The molecule has 23 heavy (non-hydrogen) atoms. The van der Waals surface area contributed by atoms with E-state index in [1.807, 2.05) is 43.6 Å². The van der Waals surface area contributed by atoms with Crippen LogP contribution in [0.15, 0.2) is 66.1 Å². The van der Waals surface area contributed by atoms with Crippen molar-refractivity contribution in [3.05, 3.63) is 72.1 Å². The number of fused-ring (bicyclic) bond motifs is 2. The lowest BCUT2D eigenvalue weighted by Gasteiger charge is -2.15. The summed E-state index contributed by atoms with van der Waals surface area (Å²) in [6.45, 7) is 1.86. The highest BCUT2D eigenvalue weighted by molar-refractivity contribution is 6.00. The number of benzene rings is 2. The molecule has 0 aliphatic carbocycles. The summed E-state index contributed by atoms with van der Waals surface area (Å²) in [4.78, 5) is 6.62. The summed E-state index contributed by atoms with van der Waals surface area (Å²) >= 11 is 0. The third-order valence-corrected chi connectivity index (χ3v) is 4.44. The summed E-state index contributed by atoms with van der Waals surface area (Å²) in [5.41, 5.74) is 5.05. The van der Waals surface area contributed by atoms with Gasteiger partial charge in [0, 0.05) is 34.2 Å². The van der Waals surface area contributed by atoms with E-state index in [0.29, 0.717) is 5.71 Å². The molecular weight excluding hydrogens is 286 g/mol. The molecule has 0 spiro atoms. The van der Waals surface area contributed by atoms with Crippen LogP contribution in [0.25, 0.3) is 21.8 Å². The molecule has 0 saturated carbocycles. The molecule has 3 N–H and O–H groups in total. The number of nitrogens with one attached hydrogen (secondary N) is 2. The predicted molar refractivity (Wildman–Crippen MR) is 93.3 cm³/mol. The van der Waals surface area contributed by atoms with Gasteiger partial charge in [-0.25, -0.2) is 0 Å². The van der Waals surface area contributed by atoms with Gasteiger partial charge in [0.2, 0.25) is 0 Å². The molecule has 4 aromatic rings. The van der Waals surface area contributed by atoms with Crippen molar-refractivity contribution in [1.29, 1.82) is 0 Å². The first kappa shape index (κ1) is 13.6. The second-order valence-electron chi connectivity index (χ2n) is 5.75. The van der Waals surface area contributed by atoms with Crippen LogP contribution in [-0.4, -0.2) is 20.9 Å². The zero-order valence-electron chi connectivity index (χ0n) is 12.7. The topological polar surface area (TPSA) is 64.2 Å². The summed E-state index contributed by atoms with van der Waals surface area (Å²) in [6, 6.07) is 16.4. The maximum Gasteiger partial charge on any atom is 0.0660 e. The molecule has 0 saturated heterocycles. The normalized spacial score (nSPS) is 12.5. The van der Waals surface area contributed by atoms with Crippen LogP contribution in [0.4, 0.5) is 0 Å². The average Bonchev–Trinajstić information content (AvgIpc) is 3.20. The fraction of sp³-hybridized carbons (Fsp3) is 0.105. The molecule has 4 nitrogen and oxygen atoms in total. The van der Waals surface area contributed by atoms with E-state index in [1.165, 1.54) is 0 Å². The molecule has 0 radical (unpaired) electrons. The van der Waals surface area contributed by atoms with Crippen LogP contribution >= 0.6 is 0 Å². The number of aromatic nitrogens is 2. The van der Waals surface area contributed by atoms with Crippen molar-refractivity contribution < 1.29 is 5.21 Å². The summed E-state index contributed by atoms with van der Waals surface area (Å²) in [7, 11) is 0. The Morgan fingerprint density at radius 2 is 1.35 bits per heavy atom. The van der Waals surface area contributed by atoms with Gasteiger partial charge in [0.05, 0.1) is 11.6 Å². The third kappa shape index (κ3) is 2.11. The Labute approximate surface area is 133 Å². The molecule has 4 heteroatoms. The Bertz CT molecular complexity index is 935. The van der Waals surface area contributed by atoms with Crippen molar-refractivity contribution >= 4 is 27.5 Å². The molecular formula is C19H17N3O. The standard InChI is InChI=1S/C19H17N3O/c1-12(22-23)19(15-10-20-17-8-4-2-6-13(15)17)16-11-21-18-9-5-3-7-14(16)18/h2-11,19-21,23H,1H3/b22-12+. The molecule has 0 unspecified atom stereocenters. The van der Waals surface area contributed by atoms with Crippen molar-refractivity contribution in [2.24, 2.45) is 5.16 Å². The predicted octanol–water partition coefficient (Wildman–Crippen LogP) is 4.63. The Hall–Kier alpha value is -3.01. The first-order chi connectivity index (χ1) is 11.3. The second kappa shape index (κ2) is 5.32. The number of nitrogens with zero attached hydrogens (tertiary/aromatic N) is 1. The molecule has 0 aliphatic rings. The van der Waals surface area contributed by atoms with Gasteiger partial charge >= 0.3 is 0 Å². The van der Waals surface area contributed by atoms with E-state index in [4.69, 9.17) is 0 Å². The van der Waals surface area contributed by atoms with Crippen molar-refractivity contribution in [2.45, 2.75) is 12.8 Å². The number of rotatable bonds is 3. The SMILES string of the molecule is C/C(=N\O)C(c1c[nH]c2ccccc12)c1c[nH]c2ccccc12. The van der Waals surface area contributed by atoms with E-state index in [9.17, 15) is 5.21 Å². The molecule has 2 heterocycles. The van der Waals surface area contributed by atoms with Gasteiger partial charge in [-0.05, 0) is 30.2 Å². The molecule has 0 fully saturated rings. The lowest BCUT2D eigenvalue weighted by atomic mass is 9.87. The van der Waals surface area contributed by atoms with Crippen LogP contribution in [0, 0.1) is 0 Å². The van der Waals surface area contributed by atoms with Gasteiger partial charge in [0.15, 0.2) is 0 Å². The first-order valence-electron chi connectivity index (χ1n) is 7.60. The minimum Gasteiger partial charge on any atom is -0.411 e. The molecule has 4 rings (SSSR count). The smallest absolute Gasteiger partial charge is 0.0660 e. The summed E-state index contributed by atoms with van der Waals surface area (Å²) in [6.07, 6.45) is 4.01. The number of aromatic amines is 2. The van der Waals surface area contributed by atoms with Crippen LogP contribution in [0.1, 0.15) is 24.0 Å². The Balaban J connectivity index is 1.99. The Morgan fingerprint density at radius 1 is 0.870 bits per heavy atom. The quantitative estimate of drug-likeness (QED) is 0.288. The minimum absolute atomic E-state index is 0.104. The van der Waals surface area contributed by atoms with E-state index in [2.05, 4.69) is 39.4 Å². The lowest BCUT2D eigenvalue weighted by Crippen LogP contribution is -2.10. The fourth-order valence-corrected chi connectivity index (χ4v) is 3.34. The van der Waals surface area contributed by atoms with E-state index in [-0.39, 0.29) is 5.92 Å². The molecule has 114 valence electrons. The van der Waals surface area contributed by atoms with Crippen molar-refractivity contribution in [2.75, 3.05) is 0 Å². The van der Waals surface area contributed by atoms with Crippen LogP contribution in [0.2, 0.25) is 0 Å². The number of hydrogen-bond donors (Lipinski definition) is 3. The van der Waals surface area contributed by atoms with Gasteiger partial charge in [-0.15, -0.1) is 0 Å². The van der Waals surface area contributed by atoms with Gasteiger partial charge in [0.25, 0.3) is 0 Å². The zero-order valence-corrected chi connectivity index (χ0v) is 12.7. The lowest BCUT2D eigenvalue weighted by molar-refractivity contribution is 0.317. The van der Waals surface area contributed by atoms with Gasteiger partial charge < -0.3 is 15.2 Å². The van der Waals surface area contributed by atoms with Crippen molar-refractivity contribution in [3.63, 3.8) is 0 Å². The minimum atomic E-state index is -0.104. The summed E-state index contributed by atoms with van der Waals surface area (Å²) in [5.74, 6) is -0.104. The fourth-order valence-electron chi connectivity index (χ4n) is 3.34. The summed E-state index contributed by atoms with van der Waals surface area (Å²) < 4.78 is 0. The van der Waals surface area contributed by atoms with E-state index in [0.717, 1.165) is 32.9 Å². The van der Waals surface area contributed by atoms with Crippen LogP contribution in [0.3, 0.4) is 0 Å². The molecule has 2 aromatic heterocycles. The maximum atomic E-state index is 9.41. The van der Waals surface area contributed by atoms with E-state index >= 15 is 0 Å². The van der Waals surface area contributed by atoms with Gasteiger partial charge in [-0.1, -0.05) is 41.6 Å². The maximum absolute atomic E-state index is 9.41. The first-order valence-corrected chi connectivity index (χ1v) is 7.60. The van der Waals surface area contributed by atoms with Crippen LogP contribution < -0.4 is 0 Å². The van der Waals surface area contributed by atoms with Crippen LogP contribution in [-0.2, 0) is 0 Å². The molecule has 0 amide bonds. The highest BCUT2D eigenvalue weighted by Gasteiger charge is 2.24. The highest BCUT2D eigenvalue weighted by Crippen LogP contribution is 2.35. The Kier molecular flexibility index (Phi) is 3.15. The monoisotopic (exact) mass is 303 g/mol. The van der Waals surface area contributed by atoms with Gasteiger partial charge in [-0.3, -0.25) is 0 Å². The van der Waals surface area contributed by atoms with Crippen LogP contribution in [0.5, 0.6) is 0 Å². The zero-order chi connectivity index (χ0) is 15.8. The molecule has 0 bridgehead atoms. The average molecular weight is 303 g/mol. The Morgan fingerprint density at radius 3 is 1.83 bits per heavy atom. The largest absolute Gasteiger partial charge is 0.411 e. The molecule has 2 aromatic carbocycles. The number of H-pyrrole nitrogens is 2. The van der Waals surface area contributed by atoms with Crippen molar-refractivity contribution in [1.82, 2.24) is 9.97 Å². The highest BCUT2D eigenvalue weighted by atomic mass is 16.4. The third-order valence-electron chi connectivity index (χ3n) is 4.44. The molecule has 0 aliphatic heterocycles. The van der Waals surface area contributed by atoms with E-state index < -0.39 is 0 Å². The van der Waals surface area contributed by atoms with Gasteiger partial charge in [-0.2, -0.15) is 0 Å². The van der Waals surface area contributed by atoms with E-state index in [1.54, 1.807) is 0 Å². The van der Waals surface area contributed by atoms with Crippen molar-refractivity contribution in [3.8, 4) is 0 Å². The number of oxime groups is 1.